The highest BCUT2D eigenvalue weighted by Gasteiger charge is 2.32. The van der Waals surface area contributed by atoms with E-state index in [4.69, 9.17) is 5.73 Å². The number of carbonyl (C=O) groups excluding carboxylic acids is 1. The minimum absolute atomic E-state index is 0.0184. The van der Waals surface area contributed by atoms with E-state index in [2.05, 4.69) is 9.46 Å². The molecule has 0 aromatic carbocycles. The van der Waals surface area contributed by atoms with Crippen molar-refractivity contribution in [3.05, 3.63) is 0 Å². The lowest BCUT2D eigenvalue weighted by atomic mass is 9.90. The molecule has 0 aromatic heterocycles. The maximum absolute atomic E-state index is 11.6. The van der Waals surface area contributed by atoms with E-state index >= 15 is 0 Å². The van der Waals surface area contributed by atoms with Gasteiger partial charge in [0.2, 0.25) is 10.0 Å². The van der Waals surface area contributed by atoms with Crippen molar-refractivity contribution < 1.29 is 17.9 Å². The molecule has 1 atom stereocenters. The van der Waals surface area contributed by atoms with Gasteiger partial charge in [0.25, 0.3) is 0 Å². The third-order valence-corrected chi connectivity index (χ3v) is 4.02. The molecule has 0 spiro atoms. The Bertz CT molecular complexity index is 339. The van der Waals surface area contributed by atoms with Gasteiger partial charge in [-0.1, -0.05) is 13.8 Å². The van der Waals surface area contributed by atoms with Crippen molar-refractivity contribution in [3.8, 4) is 0 Å². The summed E-state index contributed by atoms with van der Waals surface area (Å²) >= 11 is 0. The number of ether oxygens (including phenoxy) is 1. The molecule has 6 nitrogen and oxygen atoms in total. The Morgan fingerprint density at radius 2 is 2.00 bits per heavy atom. The number of rotatable bonds is 6. The van der Waals surface area contributed by atoms with Gasteiger partial charge in [0.05, 0.1) is 7.11 Å². The summed E-state index contributed by atoms with van der Waals surface area (Å²) in [6, 6.07) is 0. The summed E-state index contributed by atoms with van der Waals surface area (Å²) in [6.07, 6.45) is 0. The number of methoxy groups -OCH3 is 1. The van der Waals surface area contributed by atoms with Crippen LogP contribution in [-0.2, 0) is 19.6 Å². The molecule has 16 heavy (non-hydrogen) atoms. The zero-order valence-corrected chi connectivity index (χ0v) is 10.9. The number of nitrogens with two attached hydrogens (primary N) is 1. The number of hydrogen-bond acceptors (Lipinski definition) is 5. The predicted molar refractivity (Wildman–Crippen MR) is 61.2 cm³/mol. The van der Waals surface area contributed by atoms with Gasteiger partial charge in [0.1, 0.15) is 0 Å². The Labute approximate surface area is 96.6 Å². The van der Waals surface area contributed by atoms with Crippen LogP contribution in [0.2, 0.25) is 0 Å². The number of carbonyl (C=O) groups is 1. The third kappa shape index (κ3) is 4.46. The summed E-state index contributed by atoms with van der Waals surface area (Å²) in [7, 11) is -2.57. The monoisotopic (exact) mass is 252 g/mol. The van der Waals surface area contributed by atoms with Gasteiger partial charge < -0.3 is 10.5 Å². The normalized spacial score (nSPS) is 15.9. The molecule has 7 heteroatoms. The Kier molecular flexibility index (Phi) is 5.37. The van der Waals surface area contributed by atoms with Crippen LogP contribution in [0.25, 0.3) is 0 Å². The summed E-state index contributed by atoms with van der Waals surface area (Å²) in [5, 5.41) is 0. The van der Waals surface area contributed by atoms with Crippen LogP contribution >= 0.6 is 0 Å². The molecule has 0 fully saturated rings. The molecule has 0 rings (SSSR count). The van der Waals surface area contributed by atoms with Crippen LogP contribution in [0.15, 0.2) is 0 Å². The molecule has 96 valence electrons. The third-order valence-electron chi connectivity index (χ3n) is 2.62. The lowest BCUT2D eigenvalue weighted by Crippen LogP contribution is -2.55. The first-order valence-corrected chi connectivity index (χ1v) is 6.60. The molecule has 0 amide bonds. The van der Waals surface area contributed by atoms with Crippen molar-refractivity contribution >= 4 is 16.0 Å². The van der Waals surface area contributed by atoms with E-state index in [0.717, 1.165) is 7.11 Å². The van der Waals surface area contributed by atoms with Gasteiger partial charge in [0.15, 0.2) is 5.75 Å². The summed E-state index contributed by atoms with van der Waals surface area (Å²) in [4.78, 5) is 10.9. The minimum atomic E-state index is -3.71. The molecule has 1 unspecified atom stereocenters. The summed E-state index contributed by atoms with van der Waals surface area (Å²) in [5.74, 6) is -1.47. The topological polar surface area (TPSA) is 98.5 Å². The zero-order valence-electron chi connectivity index (χ0n) is 10.1. The highest BCUT2D eigenvalue weighted by atomic mass is 32.2. The average molecular weight is 252 g/mol. The molecule has 0 aliphatic carbocycles. The first-order chi connectivity index (χ1) is 7.17. The largest absolute Gasteiger partial charge is 0.468 e. The van der Waals surface area contributed by atoms with Gasteiger partial charge >= 0.3 is 5.97 Å². The van der Waals surface area contributed by atoms with Crippen molar-refractivity contribution in [3.63, 3.8) is 0 Å². The SMILES string of the molecule is COC(=O)CS(=O)(=O)NC(C)(CN)C(C)C. The molecule has 0 saturated heterocycles. The minimum Gasteiger partial charge on any atom is -0.468 e. The molecule has 0 radical (unpaired) electrons. The molecule has 0 saturated carbocycles. The van der Waals surface area contributed by atoms with E-state index in [1.807, 2.05) is 13.8 Å². The van der Waals surface area contributed by atoms with Gasteiger partial charge in [-0.3, -0.25) is 4.79 Å². The molecule has 0 aliphatic rings. The predicted octanol–water partition coefficient (Wildman–Crippen LogP) is -0.548. The Morgan fingerprint density at radius 3 is 2.31 bits per heavy atom. The molecule has 3 N–H and O–H groups in total. The number of sulfonamides is 1. The van der Waals surface area contributed by atoms with Crippen LogP contribution < -0.4 is 10.5 Å². The molecular formula is C9H20N2O4S. The van der Waals surface area contributed by atoms with Crippen molar-refractivity contribution in [2.45, 2.75) is 26.3 Å². The molecule has 0 heterocycles. The maximum Gasteiger partial charge on any atom is 0.322 e. The molecular weight excluding hydrogens is 232 g/mol. The second-order valence-corrected chi connectivity index (χ2v) is 5.94. The van der Waals surface area contributed by atoms with Crippen LogP contribution in [0, 0.1) is 5.92 Å². The number of nitrogens with one attached hydrogen (secondary N) is 1. The van der Waals surface area contributed by atoms with Crippen LogP contribution in [0.1, 0.15) is 20.8 Å². The van der Waals surface area contributed by atoms with Gasteiger partial charge in [-0.05, 0) is 12.8 Å². The van der Waals surface area contributed by atoms with Gasteiger partial charge in [-0.25, -0.2) is 13.1 Å². The van der Waals surface area contributed by atoms with Crippen molar-refractivity contribution in [1.82, 2.24) is 4.72 Å². The molecule has 0 aromatic rings. The van der Waals surface area contributed by atoms with Crippen LogP contribution in [-0.4, -0.2) is 39.3 Å². The van der Waals surface area contributed by atoms with E-state index in [-0.39, 0.29) is 12.5 Å². The lowest BCUT2D eigenvalue weighted by Gasteiger charge is -2.32. The van der Waals surface area contributed by atoms with Crippen LogP contribution in [0.4, 0.5) is 0 Å². The van der Waals surface area contributed by atoms with Gasteiger partial charge in [-0.2, -0.15) is 0 Å². The zero-order chi connectivity index (χ0) is 13.0. The number of esters is 1. The van der Waals surface area contributed by atoms with E-state index in [1.165, 1.54) is 0 Å². The Hall–Kier alpha value is -0.660. The fraction of sp³-hybridized carbons (Fsp3) is 0.889. The average Bonchev–Trinajstić information content (AvgIpc) is 2.15. The van der Waals surface area contributed by atoms with Crippen LogP contribution in [0.5, 0.6) is 0 Å². The Morgan fingerprint density at radius 1 is 1.50 bits per heavy atom. The van der Waals surface area contributed by atoms with E-state index in [9.17, 15) is 13.2 Å². The standard InChI is InChI=1S/C9H20N2O4S/c1-7(2)9(3,6-10)11-16(13,14)5-8(12)15-4/h7,11H,5-6,10H2,1-4H3. The molecule has 0 aliphatic heterocycles. The summed E-state index contributed by atoms with van der Waals surface area (Å²) in [6.45, 7) is 5.57. The van der Waals surface area contributed by atoms with E-state index < -0.39 is 27.3 Å². The summed E-state index contributed by atoms with van der Waals surface area (Å²) < 4.78 is 30.0. The highest BCUT2D eigenvalue weighted by Crippen LogP contribution is 2.16. The van der Waals surface area contributed by atoms with Crippen molar-refractivity contribution in [1.29, 1.82) is 0 Å². The quantitative estimate of drug-likeness (QED) is 0.618. The van der Waals surface area contributed by atoms with E-state index in [1.54, 1.807) is 6.92 Å². The van der Waals surface area contributed by atoms with Crippen LogP contribution in [0.3, 0.4) is 0 Å². The summed E-state index contributed by atoms with van der Waals surface area (Å²) in [5.41, 5.74) is 4.78. The maximum atomic E-state index is 11.6. The van der Waals surface area contributed by atoms with E-state index in [0.29, 0.717) is 0 Å². The second kappa shape index (κ2) is 5.60. The number of hydrogen-bond donors (Lipinski definition) is 2. The first-order valence-electron chi connectivity index (χ1n) is 4.95. The first kappa shape index (κ1) is 15.3. The van der Waals surface area contributed by atoms with Crippen molar-refractivity contribution in [2.75, 3.05) is 19.4 Å². The fourth-order valence-electron chi connectivity index (χ4n) is 1.00. The highest BCUT2D eigenvalue weighted by molar-refractivity contribution is 7.90. The second-order valence-electron chi connectivity index (χ2n) is 4.21. The molecule has 0 bridgehead atoms. The van der Waals surface area contributed by atoms with Gasteiger partial charge in [-0.15, -0.1) is 0 Å². The smallest absolute Gasteiger partial charge is 0.322 e. The lowest BCUT2D eigenvalue weighted by molar-refractivity contribution is -0.137. The van der Waals surface area contributed by atoms with Crippen molar-refractivity contribution in [2.24, 2.45) is 11.7 Å². The Balaban J connectivity index is 4.75. The fourth-order valence-corrected chi connectivity index (χ4v) is 2.53. The van der Waals surface area contributed by atoms with Gasteiger partial charge in [0, 0.05) is 12.1 Å².